The van der Waals surface area contributed by atoms with Crippen LogP contribution in [0.3, 0.4) is 0 Å². The van der Waals surface area contributed by atoms with Gasteiger partial charge in [0.05, 0.1) is 40.3 Å². The van der Waals surface area contributed by atoms with Gasteiger partial charge >= 0.3 is 11.9 Å². The van der Waals surface area contributed by atoms with Gasteiger partial charge in [0.25, 0.3) is 0 Å². The van der Waals surface area contributed by atoms with Crippen LogP contribution in [0.4, 0.5) is 0 Å². The third kappa shape index (κ3) is 64.1. The molecule has 9 nitrogen and oxygen atoms in total. The topological polar surface area (TPSA) is 111 Å². The molecule has 2 unspecified atom stereocenters. The molecule has 0 aliphatic heterocycles. The van der Waals surface area contributed by atoms with Crippen molar-refractivity contribution in [2.24, 2.45) is 0 Å². The highest BCUT2D eigenvalue weighted by molar-refractivity contribution is 5.70. The van der Waals surface area contributed by atoms with Crippen molar-refractivity contribution in [3.8, 4) is 0 Å². The molecule has 0 radical (unpaired) electrons. The lowest BCUT2D eigenvalue weighted by molar-refractivity contribution is -0.870. The largest absolute Gasteiger partial charge is 0.545 e. The van der Waals surface area contributed by atoms with Crippen LogP contribution < -0.4 is 5.11 Å². The molecule has 0 aromatic rings. The monoisotopic (exact) mass is 1140 g/mol. The molecule has 2 atom stereocenters. The predicted octanol–water partition coefficient (Wildman–Crippen LogP) is 19.6. The molecule has 0 bridgehead atoms. The van der Waals surface area contributed by atoms with Crippen molar-refractivity contribution in [2.75, 3.05) is 47.5 Å². The van der Waals surface area contributed by atoms with Crippen LogP contribution in [0.25, 0.3) is 0 Å². The SMILES string of the molecule is CC/C=C\C/C=C\C/C=C\C/C=C\CCCCCCCCCCCCC(=O)OC(COC(=O)CCCCCCCCCCCCCCCCCCCCCCC/C=C\C/C=C\CCCCCCC)COC(OCC[N+](C)(C)C)C(=O)[O-]. The summed E-state index contributed by atoms with van der Waals surface area (Å²) in [5, 5.41) is 11.8. The molecule has 470 valence electrons. The van der Waals surface area contributed by atoms with Gasteiger partial charge in [0.1, 0.15) is 13.2 Å². The number of carbonyl (C=O) groups excluding carboxylic acids is 3. The molecule has 0 saturated carbocycles. The number of carbonyl (C=O) groups is 3. The summed E-state index contributed by atoms with van der Waals surface area (Å²) < 4.78 is 22.8. The Morgan fingerprint density at radius 2 is 0.704 bits per heavy atom. The second-order valence-corrected chi connectivity index (χ2v) is 24.1. The first-order valence-electron chi connectivity index (χ1n) is 34.1. The molecule has 0 aromatic carbocycles. The Labute approximate surface area is 500 Å². The average molecular weight is 1140 g/mol. The van der Waals surface area contributed by atoms with E-state index in [1.54, 1.807) is 0 Å². The maximum atomic E-state index is 12.9. The first-order valence-corrected chi connectivity index (χ1v) is 34.1. The molecule has 0 aliphatic carbocycles. The van der Waals surface area contributed by atoms with Gasteiger partial charge in [0.2, 0.25) is 0 Å². The fraction of sp³-hybridized carbons (Fsp3) is 0.792. The van der Waals surface area contributed by atoms with E-state index in [4.69, 9.17) is 18.9 Å². The highest BCUT2D eigenvalue weighted by atomic mass is 16.7. The van der Waals surface area contributed by atoms with Gasteiger partial charge in [-0.2, -0.15) is 0 Å². The molecular weight excluding hydrogens is 1010 g/mol. The fourth-order valence-corrected chi connectivity index (χ4v) is 9.74. The molecule has 0 N–H and O–H groups in total. The van der Waals surface area contributed by atoms with Gasteiger partial charge in [-0.05, 0) is 83.5 Å². The molecule has 0 spiro atoms. The number of quaternary nitrogens is 1. The van der Waals surface area contributed by atoms with Crippen molar-refractivity contribution in [3.63, 3.8) is 0 Å². The van der Waals surface area contributed by atoms with Crippen molar-refractivity contribution < 1.29 is 42.9 Å². The summed E-state index contributed by atoms with van der Waals surface area (Å²) in [6.07, 6.45) is 79.8. The number of carboxylic acid groups (broad SMARTS) is 1. The molecule has 9 heteroatoms. The number of esters is 2. The van der Waals surface area contributed by atoms with E-state index in [-0.39, 0.29) is 32.2 Å². The Hall–Kier alpha value is -3.27. The summed E-state index contributed by atoms with van der Waals surface area (Å²) in [6, 6.07) is 0. The number of hydrogen-bond acceptors (Lipinski definition) is 8. The third-order valence-electron chi connectivity index (χ3n) is 14.9. The zero-order chi connectivity index (χ0) is 59.1. The Morgan fingerprint density at radius 3 is 1.05 bits per heavy atom. The molecular formula is C72H129NO8. The van der Waals surface area contributed by atoms with Crippen LogP contribution in [-0.4, -0.2) is 82.3 Å². The van der Waals surface area contributed by atoms with Gasteiger partial charge in [0, 0.05) is 12.8 Å². The van der Waals surface area contributed by atoms with Crippen LogP contribution >= 0.6 is 0 Å². The number of allylic oxidation sites excluding steroid dienone is 12. The molecule has 0 amide bonds. The zero-order valence-electron chi connectivity index (χ0n) is 53.7. The third-order valence-corrected chi connectivity index (χ3v) is 14.9. The average Bonchev–Trinajstić information content (AvgIpc) is 3.44. The van der Waals surface area contributed by atoms with Gasteiger partial charge in [-0.1, -0.05) is 286 Å². The molecule has 0 rings (SSSR count). The number of hydrogen-bond donors (Lipinski definition) is 0. The maximum Gasteiger partial charge on any atom is 0.306 e. The van der Waals surface area contributed by atoms with Gasteiger partial charge in [-0.3, -0.25) is 9.59 Å². The van der Waals surface area contributed by atoms with Gasteiger partial charge in [-0.25, -0.2) is 0 Å². The van der Waals surface area contributed by atoms with E-state index in [1.807, 2.05) is 21.1 Å². The van der Waals surface area contributed by atoms with Crippen molar-refractivity contribution in [3.05, 3.63) is 72.9 Å². The Morgan fingerprint density at radius 1 is 0.383 bits per heavy atom. The van der Waals surface area contributed by atoms with Gasteiger partial charge < -0.3 is 33.3 Å². The van der Waals surface area contributed by atoms with Crippen molar-refractivity contribution in [2.45, 2.75) is 322 Å². The standard InChI is InChI=1S/C72H129NO8/c1-6-8-10-12-14-16-18-20-22-24-26-28-30-31-32-33-34-35-36-37-38-39-41-42-44-46-48-50-52-54-56-58-60-62-69(74)79-66-68(67-80-72(71(76)77)78-65-64-73(3,4)5)81-70(75)63-61-59-57-55-53-51-49-47-45-43-40-29-27-25-23-21-19-17-15-13-11-9-7-2/h9,11,15,17-18,20-21,23-24,26-27,29,68,72H,6-8,10,12-14,16,19,22,25,28,30-67H2,1-5H3/b11-9-,17-15-,20-18-,23-21-,26-24-,29-27-. The second-order valence-electron chi connectivity index (χ2n) is 24.1. The van der Waals surface area contributed by atoms with Crippen molar-refractivity contribution >= 4 is 17.9 Å². The van der Waals surface area contributed by atoms with Crippen LogP contribution in [0.1, 0.15) is 309 Å². The molecule has 0 fully saturated rings. The number of unbranched alkanes of at least 4 members (excludes halogenated alkanes) is 36. The lowest BCUT2D eigenvalue weighted by Gasteiger charge is -2.26. The number of ether oxygens (including phenoxy) is 4. The number of rotatable bonds is 63. The zero-order valence-corrected chi connectivity index (χ0v) is 53.7. The minimum Gasteiger partial charge on any atom is -0.545 e. The summed E-state index contributed by atoms with van der Waals surface area (Å²) in [4.78, 5) is 37.4. The van der Waals surface area contributed by atoms with E-state index in [2.05, 4.69) is 86.8 Å². The highest BCUT2D eigenvalue weighted by Crippen LogP contribution is 2.18. The molecule has 0 heterocycles. The molecule has 81 heavy (non-hydrogen) atoms. The minimum atomic E-state index is -1.62. The van der Waals surface area contributed by atoms with Crippen LogP contribution in [0.15, 0.2) is 72.9 Å². The lowest BCUT2D eigenvalue weighted by atomic mass is 10.0. The first-order chi connectivity index (χ1) is 39.6. The van der Waals surface area contributed by atoms with E-state index in [0.29, 0.717) is 23.9 Å². The Bertz CT molecular complexity index is 1560. The quantitative estimate of drug-likeness (QED) is 0.0195. The van der Waals surface area contributed by atoms with E-state index in [0.717, 1.165) is 77.0 Å². The Balaban J connectivity index is 4.08. The van der Waals surface area contributed by atoms with Gasteiger partial charge in [-0.15, -0.1) is 0 Å². The van der Waals surface area contributed by atoms with Crippen LogP contribution in [0.5, 0.6) is 0 Å². The Kier molecular flexibility index (Phi) is 60.2. The summed E-state index contributed by atoms with van der Waals surface area (Å²) in [5.74, 6) is -2.28. The smallest absolute Gasteiger partial charge is 0.306 e. The fourth-order valence-electron chi connectivity index (χ4n) is 9.74. The number of carboxylic acids is 1. The number of likely N-dealkylation sites (N-methyl/N-ethyl adjacent to an activating group) is 1. The van der Waals surface area contributed by atoms with E-state index < -0.39 is 24.3 Å². The summed E-state index contributed by atoms with van der Waals surface area (Å²) in [7, 11) is 5.93. The van der Waals surface area contributed by atoms with Crippen LogP contribution in [0.2, 0.25) is 0 Å². The predicted molar refractivity (Wildman–Crippen MR) is 343 cm³/mol. The number of aliphatic carboxylic acids is 1. The minimum absolute atomic E-state index is 0.146. The normalized spacial score (nSPS) is 13.1. The molecule has 0 aliphatic rings. The second kappa shape index (κ2) is 62.8. The maximum absolute atomic E-state index is 12.9. The van der Waals surface area contributed by atoms with E-state index in [9.17, 15) is 19.5 Å². The highest BCUT2D eigenvalue weighted by Gasteiger charge is 2.22. The van der Waals surface area contributed by atoms with Crippen LogP contribution in [0, 0.1) is 0 Å². The summed E-state index contributed by atoms with van der Waals surface area (Å²) in [6.45, 7) is 4.66. The van der Waals surface area contributed by atoms with Crippen molar-refractivity contribution in [1.82, 2.24) is 0 Å². The van der Waals surface area contributed by atoms with Gasteiger partial charge in [0.15, 0.2) is 12.4 Å². The summed E-state index contributed by atoms with van der Waals surface area (Å²) >= 11 is 0. The van der Waals surface area contributed by atoms with E-state index in [1.165, 1.54) is 199 Å². The number of nitrogens with zero attached hydrogens (tertiary/aromatic N) is 1. The summed E-state index contributed by atoms with van der Waals surface area (Å²) in [5.41, 5.74) is 0. The molecule has 0 saturated heterocycles. The van der Waals surface area contributed by atoms with E-state index >= 15 is 0 Å². The first kappa shape index (κ1) is 77.7. The van der Waals surface area contributed by atoms with Crippen molar-refractivity contribution in [1.29, 1.82) is 0 Å². The lowest BCUT2D eigenvalue weighted by Crippen LogP contribution is -2.44. The van der Waals surface area contributed by atoms with Crippen LogP contribution in [-0.2, 0) is 33.3 Å². The molecule has 0 aromatic heterocycles.